The molecule has 0 bridgehead atoms. The average Bonchev–Trinajstić information content (AvgIpc) is 3.19. The maximum absolute atomic E-state index is 12.6. The van der Waals surface area contributed by atoms with Crippen LogP contribution in [0.4, 0.5) is 5.69 Å². The molecule has 6 nitrogen and oxygen atoms in total. The Hall–Kier alpha value is -3.90. The van der Waals surface area contributed by atoms with E-state index >= 15 is 0 Å². The molecule has 1 aliphatic heterocycles. The number of carbonyl (C=O) groups is 1. The first-order valence-corrected chi connectivity index (χ1v) is 9.24. The monoisotopic (exact) mass is 383 g/mol. The Morgan fingerprint density at radius 1 is 1.00 bits per heavy atom. The number of benzene rings is 2. The molecule has 1 aliphatic carbocycles. The Kier molecular flexibility index (Phi) is 4.11. The number of pyridine rings is 1. The van der Waals surface area contributed by atoms with E-state index in [9.17, 15) is 9.59 Å². The second-order valence-electron chi connectivity index (χ2n) is 6.83. The van der Waals surface area contributed by atoms with Crippen LogP contribution in [0, 0.1) is 0 Å². The molecule has 2 heterocycles. The molecule has 0 fully saturated rings. The molecular formula is C23H17N3O3. The highest BCUT2D eigenvalue weighted by molar-refractivity contribution is 6.04. The van der Waals surface area contributed by atoms with Crippen molar-refractivity contribution in [3.8, 4) is 11.1 Å². The van der Waals surface area contributed by atoms with Crippen molar-refractivity contribution in [3.63, 3.8) is 0 Å². The molecule has 0 saturated carbocycles. The molecule has 0 saturated heterocycles. The third-order valence-electron chi connectivity index (χ3n) is 5.05. The van der Waals surface area contributed by atoms with Gasteiger partial charge in [-0.3, -0.25) is 9.59 Å². The fourth-order valence-electron chi connectivity index (χ4n) is 3.59. The van der Waals surface area contributed by atoms with E-state index in [4.69, 9.17) is 4.84 Å². The molecule has 3 aromatic rings. The molecule has 3 N–H and O–H groups in total. The fraction of sp³-hybridized carbons (Fsp3) is 0.0435. The van der Waals surface area contributed by atoms with Crippen LogP contribution < -0.4 is 16.4 Å². The van der Waals surface area contributed by atoms with Gasteiger partial charge in [0, 0.05) is 28.4 Å². The van der Waals surface area contributed by atoms with Crippen LogP contribution in [-0.2, 0) is 9.63 Å². The molecule has 5 rings (SSSR count). The summed E-state index contributed by atoms with van der Waals surface area (Å²) >= 11 is 0. The van der Waals surface area contributed by atoms with Crippen LogP contribution >= 0.6 is 0 Å². The Morgan fingerprint density at radius 2 is 1.79 bits per heavy atom. The second kappa shape index (κ2) is 6.92. The molecule has 0 radical (unpaired) electrons. The maximum atomic E-state index is 12.6. The lowest BCUT2D eigenvalue weighted by Crippen LogP contribution is -2.21. The van der Waals surface area contributed by atoms with Gasteiger partial charge in [0.2, 0.25) is 5.76 Å². The summed E-state index contributed by atoms with van der Waals surface area (Å²) in [6.45, 7) is 0. The lowest BCUT2D eigenvalue weighted by atomic mass is 10.0. The first kappa shape index (κ1) is 17.2. The number of nitrogens with one attached hydrogen (secondary N) is 3. The smallest absolute Gasteiger partial charge is 0.293 e. The highest BCUT2D eigenvalue weighted by Gasteiger charge is 2.29. The number of allylic oxidation sites excluding steroid dienone is 2. The molecule has 0 spiro atoms. The number of H-pyrrole nitrogens is 1. The van der Waals surface area contributed by atoms with Crippen molar-refractivity contribution >= 4 is 22.4 Å². The summed E-state index contributed by atoms with van der Waals surface area (Å²) in [5.74, 6) is -0.0384. The quantitative estimate of drug-likeness (QED) is 0.647. The molecule has 2 aliphatic rings. The van der Waals surface area contributed by atoms with Gasteiger partial charge < -0.3 is 15.1 Å². The van der Waals surface area contributed by atoms with Crippen molar-refractivity contribution in [3.05, 3.63) is 101 Å². The van der Waals surface area contributed by atoms with Gasteiger partial charge in [-0.2, -0.15) is 0 Å². The SMILES string of the molecule is O=C(Nc1ccc(-c2c[nH]c(=O)c3ccccc23)cc1)C1=C2C=CC=CC2NO1. The van der Waals surface area contributed by atoms with E-state index in [1.54, 1.807) is 12.3 Å². The van der Waals surface area contributed by atoms with Gasteiger partial charge in [0.1, 0.15) is 0 Å². The van der Waals surface area contributed by atoms with Crippen LogP contribution in [0.3, 0.4) is 0 Å². The van der Waals surface area contributed by atoms with Crippen molar-refractivity contribution < 1.29 is 9.63 Å². The minimum atomic E-state index is -0.308. The lowest BCUT2D eigenvalue weighted by Gasteiger charge is -2.09. The van der Waals surface area contributed by atoms with Crippen LogP contribution in [-0.4, -0.2) is 16.9 Å². The van der Waals surface area contributed by atoms with Crippen LogP contribution in [0.15, 0.2) is 95.2 Å². The van der Waals surface area contributed by atoms with Crippen molar-refractivity contribution in [1.82, 2.24) is 10.5 Å². The zero-order chi connectivity index (χ0) is 19.8. The van der Waals surface area contributed by atoms with Crippen molar-refractivity contribution in [2.75, 3.05) is 5.32 Å². The molecular weight excluding hydrogens is 366 g/mol. The van der Waals surface area contributed by atoms with E-state index in [0.29, 0.717) is 11.1 Å². The summed E-state index contributed by atoms with van der Waals surface area (Å²) in [4.78, 5) is 32.8. The minimum Gasteiger partial charge on any atom is -0.402 e. The Bertz CT molecular complexity index is 1270. The number of amides is 1. The first-order valence-electron chi connectivity index (χ1n) is 9.24. The van der Waals surface area contributed by atoms with Crippen LogP contribution in [0.1, 0.15) is 0 Å². The number of rotatable bonds is 3. The molecule has 29 heavy (non-hydrogen) atoms. The molecule has 1 atom stereocenters. The van der Waals surface area contributed by atoms with Gasteiger partial charge in [-0.05, 0) is 29.1 Å². The van der Waals surface area contributed by atoms with E-state index < -0.39 is 0 Å². The van der Waals surface area contributed by atoms with Gasteiger partial charge in [-0.15, -0.1) is 5.48 Å². The van der Waals surface area contributed by atoms with E-state index in [-0.39, 0.29) is 23.3 Å². The number of anilines is 1. The summed E-state index contributed by atoms with van der Waals surface area (Å²) in [5, 5.41) is 4.39. The predicted molar refractivity (Wildman–Crippen MR) is 112 cm³/mol. The largest absolute Gasteiger partial charge is 0.402 e. The van der Waals surface area contributed by atoms with E-state index in [0.717, 1.165) is 22.1 Å². The summed E-state index contributed by atoms with van der Waals surface area (Å²) in [5.41, 5.74) is 6.04. The summed E-state index contributed by atoms with van der Waals surface area (Å²) in [6, 6.07) is 14.9. The average molecular weight is 383 g/mol. The van der Waals surface area contributed by atoms with Gasteiger partial charge in [0.15, 0.2) is 0 Å². The highest BCUT2D eigenvalue weighted by Crippen LogP contribution is 2.28. The van der Waals surface area contributed by atoms with Gasteiger partial charge >= 0.3 is 0 Å². The van der Waals surface area contributed by atoms with Gasteiger partial charge in [-0.25, -0.2) is 0 Å². The number of aromatic amines is 1. The zero-order valence-electron chi connectivity index (χ0n) is 15.3. The van der Waals surface area contributed by atoms with E-state index in [1.165, 1.54) is 0 Å². The zero-order valence-corrected chi connectivity index (χ0v) is 15.3. The number of hydrogen-bond donors (Lipinski definition) is 3. The van der Waals surface area contributed by atoms with Crippen molar-refractivity contribution in [2.45, 2.75) is 6.04 Å². The third kappa shape index (κ3) is 3.05. The normalized spacial score (nSPS) is 17.3. The number of hydrogen-bond acceptors (Lipinski definition) is 4. The Labute approximate surface area is 166 Å². The molecule has 1 aromatic heterocycles. The standard InChI is InChI=1S/C23H17N3O3/c27-22-17-6-2-1-5-16(17)19(13-24-22)14-9-11-15(12-10-14)25-23(28)21-18-7-3-4-8-20(18)26-29-21/h1-13,20,26H,(H,24,27)(H,25,28). The second-order valence-corrected chi connectivity index (χ2v) is 6.83. The van der Waals surface area contributed by atoms with E-state index in [2.05, 4.69) is 15.8 Å². The van der Waals surface area contributed by atoms with Gasteiger partial charge in [-0.1, -0.05) is 54.6 Å². The molecule has 1 amide bonds. The van der Waals surface area contributed by atoms with Gasteiger partial charge in [0.05, 0.1) is 6.04 Å². The molecule has 6 heteroatoms. The fourth-order valence-corrected chi connectivity index (χ4v) is 3.59. The number of hydroxylamine groups is 1. The maximum Gasteiger partial charge on any atom is 0.293 e. The molecule has 1 unspecified atom stereocenters. The lowest BCUT2D eigenvalue weighted by molar-refractivity contribution is -0.116. The minimum absolute atomic E-state index is 0.100. The topological polar surface area (TPSA) is 83.2 Å². The summed E-state index contributed by atoms with van der Waals surface area (Å²) in [6.07, 6.45) is 9.29. The highest BCUT2D eigenvalue weighted by atomic mass is 16.7. The van der Waals surface area contributed by atoms with E-state index in [1.807, 2.05) is 66.8 Å². The third-order valence-corrected chi connectivity index (χ3v) is 5.05. The number of aromatic nitrogens is 1. The van der Waals surface area contributed by atoms with Gasteiger partial charge in [0.25, 0.3) is 11.5 Å². The van der Waals surface area contributed by atoms with Crippen molar-refractivity contribution in [1.29, 1.82) is 0 Å². The Balaban J connectivity index is 1.41. The first-order chi connectivity index (χ1) is 14.2. The molecule has 2 aromatic carbocycles. The number of carbonyl (C=O) groups excluding carboxylic acids is 1. The van der Waals surface area contributed by atoms with Crippen LogP contribution in [0.2, 0.25) is 0 Å². The van der Waals surface area contributed by atoms with Crippen LogP contribution in [0.5, 0.6) is 0 Å². The predicted octanol–water partition coefficient (Wildman–Crippen LogP) is 3.42. The molecule has 142 valence electrons. The number of fused-ring (bicyclic) bond motifs is 2. The summed E-state index contributed by atoms with van der Waals surface area (Å²) in [7, 11) is 0. The summed E-state index contributed by atoms with van der Waals surface area (Å²) < 4.78 is 0. The van der Waals surface area contributed by atoms with Crippen molar-refractivity contribution in [2.24, 2.45) is 0 Å². The Morgan fingerprint density at radius 3 is 2.62 bits per heavy atom. The van der Waals surface area contributed by atoms with Crippen LogP contribution in [0.25, 0.3) is 21.9 Å².